The van der Waals surface area contributed by atoms with Crippen molar-refractivity contribution >= 4 is 33.6 Å². The third-order valence-electron chi connectivity index (χ3n) is 3.80. The fraction of sp³-hybridized carbons (Fsp3) is 0.286. The number of rotatable bonds is 10. The lowest BCUT2D eigenvalue weighted by Crippen LogP contribution is -2.34. The molecule has 0 spiro atoms. The van der Waals surface area contributed by atoms with Gasteiger partial charge >= 0.3 is 0 Å². The average molecular weight is 453 g/mol. The van der Waals surface area contributed by atoms with Crippen molar-refractivity contribution in [3.63, 3.8) is 0 Å². The van der Waals surface area contributed by atoms with Gasteiger partial charge in [-0.15, -0.1) is 0 Å². The summed E-state index contributed by atoms with van der Waals surface area (Å²) in [7, 11) is -2.09. The van der Waals surface area contributed by atoms with E-state index in [0.29, 0.717) is 22.1 Å². The minimum absolute atomic E-state index is 0.0668. The predicted molar refractivity (Wildman–Crippen MR) is 117 cm³/mol. The maximum atomic E-state index is 12.1. The molecule has 0 bridgehead atoms. The van der Waals surface area contributed by atoms with Crippen molar-refractivity contribution in [2.45, 2.75) is 24.8 Å². The van der Waals surface area contributed by atoms with Crippen LogP contribution in [-0.2, 0) is 14.8 Å². The second-order valence-corrected chi connectivity index (χ2v) is 8.71. The topological polar surface area (TPSA) is 93.7 Å². The third-order valence-corrected chi connectivity index (χ3v) is 5.56. The van der Waals surface area contributed by atoms with Crippen LogP contribution >= 0.6 is 11.6 Å². The molecule has 1 amide bonds. The second-order valence-electron chi connectivity index (χ2n) is 6.54. The first kappa shape index (κ1) is 23.7. The number of hydrogen-bond acceptors (Lipinski definition) is 5. The van der Waals surface area contributed by atoms with Gasteiger partial charge in [-0.1, -0.05) is 29.8 Å². The Morgan fingerprint density at radius 1 is 1.17 bits per heavy atom. The lowest BCUT2D eigenvalue weighted by atomic mass is 10.2. The molecule has 2 aromatic rings. The molecule has 0 radical (unpaired) electrons. The molecule has 0 aliphatic carbocycles. The van der Waals surface area contributed by atoms with Gasteiger partial charge in [0.05, 0.1) is 23.1 Å². The van der Waals surface area contributed by atoms with Gasteiger partial charge in [-0.3, -0.25) is 4.79 Å². The van der Waals surface area contributed by atoms with Crippen molar-refractivity contribution in [2.24, 2.45) is 0 Å². The summed E-state index contributed by atoms with van der Waals surface area (Å²) in [5.41, 5.74) is 0.660. The van der Waals surface area contributed by atoms with Crippen LogP contribution < -0.4 is 19.5 Å². The van der Waals surface area contributed by atoms with E-state index < -0.39 is 10.0 Å². The summed E-state index contributed by atoms with van der Waals surface area (Å²) >= 11 is 6.26. The van der Waals surface area contributed by atoms with Crippen molar-refractivity contribution < 1.29 is 22.7 Å². The fourth-order valence-electron chi connectivity index (χ4n) is 2.47. The third kappa shape index (κ3) is 7.05. The molecule has 9 heteroatoms. The van der Waals surface area contributed by atoms with Crippen LogP contribution in [0.3, 0.4) is 0 Å². The summed E-state index contributed by atoms with van der Waals surface area (Å²) in [6.07, 6.45) is 2.85. The Labute approximate surface area is 182 Å². The van der Waals surface area contributed by atoms with E-state index in [1.807, 2.05) is 13.8 Å². The molecule has 2 N–H and O–H groups in total. The van der Waals surface area contributed by atoms with Crippen LogP contribution in [0.25, 0.3) is 6.08 Å². The smallest absolute Gasteiger partial charge is 0.244 e. The van der Waals surface area contributed by atoms with Crippen molar-refractivity contribution in [3.05, 3.63) is 59.1 Å². The molecule has 0 saturated carbocycles. The van der Waals surface area contributed by atoms with E-state index in [-0.39, 0.29) is 30.0 Å². The van der Waals surface area contributed by atoms with Crippen LogP contribution in [0.5, 0.6) is 11.5 Å². The predicted octanol–water partition coefficient (Wildman–Crippen LogP) is 3.24. The zero-order valence-corrected chi connectivity index (χ0v) is 18.6. The maximum absolute atomic E-state index is 12.1. The van der Waals surface area contributed by atoms with Crippen LogP contribution in [-0.4, -0.2) is 40.6 Å². The molecule has 2 aromatic carbocycles. The molecule has 0 aliphatic rings. The molecular weight excluding hydrogens is 428 g/mol. The number of benzene rings is 2. The number of amides is 1. The first-order valence-corrected chi connectivity index (χ1v) is 11.1. The molecule has 0 atom stereocenters. The van der Waals surface area contributed by atoms with Gasteiger partial charge in [-0.05, 0) is 49.8 Å². The summed E-state index contributed by atoms with van der Waals surface area (Å²) in [5.74, 6) is 0.541. The van der Waals surface area contributed by atoms with Crippen molar-refractivity contribution in [1.82, 2.24) is 10.0 Å². The molecule has 0 saturated heterocycles. The van der Waals surface area contributed by atoms with E-state index in [0.717, 1.165) is 0 Å². The first-order valence-electron chi connectivity index (χ1n) is 9.27. The Morgan fingerprint density at radius 3 is 2.50 bits per heavy atom. The minimum Gasteiger partial charge on any atom is -0.493 e. The molecule has 162 valence electrons. The van der Waals surface area contributed by atoms with Gasteiger partial charge in [0.1, 0.15) is 0 Å². The molecule has 2 rings (SSSR count). The quantitative estimate of drug-likeness (QED) is 0.426. The monoisotopic (exact) mass is 452 g/mol. The highest BCUT2D eigenvalue weighted by Crippen LogP contribution is 2.37. The summed E-state index contributed by atoms with van der Waals surface area (Å²) < 4.78 is 37.6. The number of methoxy groups -OCH3 is 1. The first-order chi connectivity index (χ1) is 14.2. The van der Waals surface area contributed by atoms with Gasteiger partial charge < -0.3 is 14.8 Å². The van der Waals surface area contributed by atoms with Crippen LogP contribution in [0.15, 0.2) is 53.4 Å². The zero-order chi connectivity index (χ0) is 22.1. The minimum atomic E-state index is -3.60. The summed E-state index contributed by atoms with van der Waals surface area (Å²) in [5, 5.41) is 2.99. The van der Waals surface area contributed by atoms with Crippen LogP contribution in [0.2, 0.25) is 5.02 Å². The number of carbonyl (C=O) groups is 1. The van der Waals surface area contributed by atoms with E-state index >= 15 is 0 Å². The number of sulfonamides is 1. The molecular formula is C21H25ClN2O5S. The molecule has 30 heavy (non-hydrogen) atoms. The standard InChI is InChI=1S/C21H25ClN2O5S/c1-15(2)29-21-18(22)13-16(14-19(21)28-3)9-10-20(25)23-11-12-24-30(26,27)17-7-5-4-6-8-17/h4-10,13-15,24H,11-12H2,1-3H3,(H,23,25). The number of nitrogens with one attached hydrogen (secondary N) is 2. The summed E-state index contributed by atoms with van der Waals surface area (Å²) in [4.78, 5) is 12.2. The van der Waals surface area contributed by atoms with Crippen molar-refractivity contribution in [2.75, 3.05) is 20.2 Å². The van der Waals surface area contributed by atoms with Crippen LogP contribution in [0, 0.1) is 0 Å². The summed E-state index contributed by atoms with van der Waals surface area (Å²) in [6, 6.07) is 11.4. The Hall–Kier alpha value is -2.55. The SMILES string of the molecule is COc1cc(C=CC(=O)NCCNS(=O)(=O)c2ccccc2)cc(Cl)c1OC(C)C. The van der Waals surface area contributed by atoms with E-state index in [2.05, 4.69) is 10.0 Å². The number of hydrogen-bond donors (Lipinski definition) is 2. The molecule has 7 nitrogen and oxygen atoms in total. The fourth-order valence-corrected chi connectivity index (χ4v) is 3.79. The van der Waals surface area contributed by atoms with Gasteiger partial charge in [-0.25, -0.2) is 13.1 Å². The van der Waals surface area contributed by atoms with Gasteiger partial charge in [0, 0.05) is 19.2 Å². The Balaban J connectivity index is 1.90. The van der Waals surface area contributed by atoms with E-state index in [1.165, 1.54) is 25.3 Å². The maximum Gasteiger partial charge on any atom is 0.244 e. The zero-order valence-electron chi connectivity index (χ0n) is 17.0. The largest absolute Gasteiger partial charge is 0.493 e. The highest BCUT2D eigenvalue weighted by atomic mass is 35.5. The van der Waals surface area contributed by atoms with Crippen LogP contribution in [0.1, 0.15) is 19.4 Å². The molecule has 0 fully saturated rings. The molecule has 0 aromatic heterocycles. The molecule has 0 heterocycles. The average Bonchev–Trinajstić information content (AvgIpc) is 2.71. The number of carbonyl (C=O) groups excluding carboxylic acids is 1. The van der Waals surface area contributed by atoms with E-state index in [9.17, 15) is 13.2 Å². The van der Waals surface area contributed by atoms with Gasteiger partial charge in [0.2, 0.25) is 15.9 Å². The van der Waals surface area contributed by atoms with E-state index in [4.69, 9.17) is 21.1 Å². The molecule has 0 aliphatic heterocycles. The van der Waals surface area contributed by atoms with E-state index in [1.54, 1.807) is 36.4 Å². The van der Waals surface area contributed by atoms with Gasteiger partial charge in [0.25, 0.3) is 0 Å². The van der Waals surface area contributed by atoms with Gasteiger partial charge in [0.15, 0.2) is 11.5 Å². The number of ether oxygens (including phenoxy) is 2. The van der Waals surface area contributed by atoms with Crippen molar-refractivity contribution in [3.8, 4) is 11.5 Å². The normalized spacial score (nSPS) is 11.6. The second kappa shape index (κ2) is 11.0. The van der Waals surface area contributed by atoms with Gasteiger partial charge in [-0.2, -0.15) is 0 Å². The Bertz CT molecular complexity index is 992. The Morgan fingerprint density at radius 2 is 1.87 bits per heavy atom. The summed E-state index contributed by atoms with van der Waals surface area (Å²) in [6.45, 7) is 3.97. The van der Waals surface area contributed by atoms with Crippen LogP contribution in [0.4, 0.5) is 0 Å². The highest BCUT2D eigenvalue weighted by Gasteiger charge is 2.13. The van der Waals surface area contributed by atoms with Crippen molar-refractivity contribution in [1.29, 1.82) is 0 Å². The number of halogens is 1. The Kier molecular flexibility index (Phi) is 8.71. The molecule has 0 unspecified atom stereocenters. The lowest BCUT2D eigenvalue weighted by molar-refractivity contribution is -0.116. The highest BCUT2D eigenvalue weighted by molar-refractivity contribution is 7.89. The lowest BCUT2D eigenvalue weighted by Gasteiger charge is -2.15.